The van der Waals surface area contributed by atoms with E-state index >= 15 is 0 Å². The summed E-state index contributed by atoms with van der Waals surface area (Å²) in [4.78, 5) is 24.0. The molecule has 144 valence electrons. The number of hydrogen-bond acceptors (Lipinski definition) is 4. The maximum Gasteiger partial charge on any atom is 0.279 e. The second-order valence-electron chi connectivity index (χ2n) is 6.22. The molecule has 2 aromatic rings. The van der Waals surface area contributed by atoms with Crippen molar-refractivity contribution in [2.24, 2.45) is 0 Å². The van der Waals surface area contributed by atoms with Crippen molar-refractivity contribution in [2.45, 2.75) is 33.8 Å². The molecule has 0 aliphatic rings. The highest BCUT2D eigenvalue weighted by Crippen LogP contribution is 2.28. The molecule has 0 saturated carbocycles. The first-order valence-corrected chi connectivity index (χ1v) is 9.27. The van der Waals surface area contributed by atoms with Crippen LogP contribution in [0.4, 0.5) is 0 Å². The van der Waals surface area contributed by atoms with E-state index in [0.29, 0.717) is 11.5 Å². The Balaban J connectivity index is 1.82. The van der Waals surface area contributed by atoms with E-state index in [1.54, 1.807) is 13.0 Å². The summed E-state index contributed by atoms with van der Waals surface area (Å²) in [6.07, 6.45) is -0.777. The van der Waals surface area contributed by atoms with Crippen molar-refractivity contribution in [1.29, 1.82) is 0 Å². The lowest BCUT2D eigenvalue weighted by Crippen LogP contribution is -2.48. The molecule has 27 heavy (non-hydrogen) atoms. The number of carbonyl (C=O) groups is 2. The van der Waals surface area contributed by atoms with Crippen LogP contribution in [0.25, 0.3) is 0 Å². The van der Waals surface area contributed by atoms with Crippen LogP contribution in [0.1, 0.15) is 23.6 Å². The van der Waals surface area contributed by atoms with Crippen molar-refractivity contribution in [1.82, 2.24) is 10.9 Å². The predicted octanol–water partition coefficient (Wildman–Crippen LogP) is 3.37. The monoisotopic (exact) mass is 434 g/mol. The van der Waals surface area contributed by atoms with Crippen molar-refractivity contribution >= 4 is 27.7 Å². The molecular weight excluding hydrogens is 412 g/mol. The van der Waals surface area contributed by atoms with E-state index in [0.717, 1.165) is 21.2 Å². The first kappa shape index (κ1) is 20.8. The van der Waals surface area contributed by atoms with E-state index in [1.807, 2.05) is 51.1 Å². The quantitative estimate of drug-likeness (QED) is 0.683. The molecule has 1 atom stereocenters. The van der Waals surface area contributed by atoms with E-state index in [2.05, 4.69) is 26.8 Å². The first-order chi connectivity index (χ1) is 12.8. The highest BCUT2D eigenvalue weighted by atomic mass is 79.9. The standard InChI is InChI=1S/C20H23BrN2O4/c1-12-7-5-6-8-17(12)26-11-18(24)22-23-20(25)15(4)27-19-13(2)9-16(21)10-14(19)3/h5-10,15H,11H2,1-4H3,(H,22,24)(H,23,25). The Bertz CT molecular complexity index is 815. The number of amides is 2. The van der Waals surface area contributed by atoms with Crippen LogP contribution in [0.3, 0.4) is 0 Å². The number of hydrogen-bond donors (Lipinski definition) is 2. The van der Waals surface area contributed by atoms with Crippen molar-refractivity contribution in [2.75, 3.05) is 6.61 Å². The van der Waals surface area contributed by atoms with Gasteiger partial charge in [-0.25, -0.2) is 0 Å². The predicted molar refractivity (Wildman–Crippen MR) is 107 cm³/mol. The largest absolute Gasteiger partial charge is 0.483 e. The lowest BCUT2D eigenvalue weighted by atomic mass is 10.1. The molecule has 2 N–H and O–H groups in total. The molecule has 0 aliphatic heterocycles. The summed E-state index contributed by atoms with van der Waals surface area (Å²) >= 11 is 3.42. The average molecular weight is 435 g/mol. The van der Waals surface area contributed by atoms with Crippen molar-refractivity contribution in [3.8, 4) is 11.5 Å². The molecule has 2 amide bonds. The molecule has 2 aromatic carbocycles. The normalized spacial score (nSPS) is 11.4. The number of carbonyl (C=O) groups excluding carboxylic acids is 2. The molecule has 7 heteroatoms. The summed E-state index contributed by atoms with van der Waals surface area (Å²) in [7, 11) is 0. The molecular formula is C20H23BrN2O4. The Morgan fingerprint density at radius 2 is 1.67 bits per heavy atom. The lowest BCUT2D eigenvalue weighted by Gasteiger charge is -2.18. The third-order valence-corrected chi connectivity index (χ3v) is 4.32. The fourth-order valence-corrected chi connectivity index (χ4v) is 3.13. The summed E-state index contributed by atoms with van der Waals surface area (Å²) in [5.41, 5.74) is 7.43. The Labute approximate surface area is 167 Å². The van der Waals surface area contributed by atoms with Crippen LogP contribution < -0.4 is 20.3 Å². The average Bonchev–Trinajstić information content (AvgIpc) is 2.61. The summed E-state index contributed by atoms with van der Waals surface area (Å²) < 4.78 is 12.1. The molecule has 0 saturated heterocycles. The smallest absolute Gasteiger partial charge is 0.279 e. The van der Waals surface area contributed by atoms with Gasteiger partial charge in [-0.05, 0) is 62.6 Å². The third-order valence-electron chi connectivity index (χ3n) is 3.87. The zero-order valence-corrected chi connectivity index (χ0v) is 17.3. The van der Waals surface area contributed by atoms with Gasteiger partial charge in [0, 0.05) is 4.47 Å². The van der Waals surface area contributed by atoms with Crippen molar-refractivity contribution in [3.63, 3.8) is 0 Å². The fraction of sp³-hybridized carbons (Fsp3) is 0.300. The first-order valence-electron chi connectivity index (χ1n) is 8.48. The number of aryl methyl sites for hydroxylation is 3. The minimum absolute atomic E-state index is 0.203. The molecule has 6 nitrogen and oxygen atoms in total. The molecule has 1 unspecified atom stereocenters. The zero-order chi connectivity index (χ0) is 20.0. The summed E-state index contributed by atoms with van der Waals surface area (Å²) in [5, 5.41) is 0. The molecule has 0 aliphatic carbocycles. The highest BCUT2D eigenvalue weighted by Gasteiger charge is 2.18. The maximum atomic E-state index is 12.2. The summed E-state index contributed by atoms with van der Waals surface area (Å²) in [5.74, 6) is 0.350. The van der Waals surface area contributed by atoms with Crippen LogP contribution in [0.5, 0.6) is 11.5 Å². The van der Waals surface area contributed by atoms with E-state index < -0.39 is 17.9 Å². The van der Waals surface area contributed by atoms with Crippen molar-refractivity contribution in [3.05, 3.63) is 57.6 Å². The van der Waals surface area contributed by atoms with Gasteiger partial charge in [-0.2, -0.15) is 0 Å². The molecule has 0 bridgehead atoms. The van der Waals surface area contributed by atoms with Gasteiger partial charge < -0.3 is 9.47 Å². The van der Waals surface area contributed by atoms with E-state index in [9.17, 15) is 9.59 Å². The third kappa shape index (κ3) is 5.99. The van der Waals surface area contributed by atoms with E-state index in [4.69, 9.17) is 9.47 Å². The molecule has 2 rings (SSSR count). The van der Waals surface area contributed by atoms with Crippen LogP contribution in [0, 0.1) is 20.8 Å². The Morgan fingerprint density at radius 1 is 1.04 bits per heavy atom. The van der Waals surface area contributed by atoms with Crippen LogP contribution in [-0.2, 0) is 9.59 Å². The second kappa shape index (κ2) is 9.41. The lowest BCUT2D eigenvalue weighted by molar-refractivity contribution is -0.133. The second-order valence-corrected chi connectivity index (χ2v) is 7.14. The number of hydrazine groups is 1. The number of para-hydroxylation sites is 1. The number of ether oxygens (including phenoxy) is 2. The molecule has 0 aromatic heterocycles. The van der Waals surface area contributed by atoms with Gasteiger partial charge >= 0.3 is 0 Å². The molecule has 0 heterocycles. The topological polar surface area (TPSA) is 76.7 Å². The SMILES string of the molecule is Cc1ccccc1OCC(=O)NNC(=O)C(C)Oc1c(C)cc(Br)cc1C. The van der Waals surface area contributed by atoms with Crippen LogP contribution >= 0.6 is 15.9 Å². The van der Waals surface area contributed by atoms with Gasteiger partial charge in [-0.1, -0.05) is 34.1 Å². The molecule has 0 fully saturated rings. The number of rotatable bonds is 6. The Morgan fingerprint density at radius 3 is 2.30 bits per heavy atom. The Hall–Kier alpha value is -2.54. The van der Waals surface area contributed by atoms with E-state index in [-0.39, 0.29) is 6.61 Å². The summed E-state index contributed by atoms with van der Waals surface area (Å²) in [6.45, 7) is 7.11. The van der Waals surface area contributed by atoms with Gasteiger partial charge in [-0.15, -0.1) is 0 Å². The van der Waals surface area contributed by atoms with Crippen LogP contribution in [0.2, 0.25) is 0 Å². The Kier molecular flexibility index (Phi) is 7.24. The summed E-state index contributed by atoms with van der Waals surface area (Å²) in [6, 6.07) is 11.2. The maximum absolute atomic E-state index is 12.2. The van der Waals surface area contributed by atoms with Gasteiger partial charge in [-0.3, -0.25) is 20.4 Å². The van der Waals surface area contributed by atoms with Gasteiger partial charge in [0.25, 0.3) is 11.8 Å². The minimum Gasteiger partial charge on any atom is -0.483 e. The van der Waals surface area contributed by atoms with Gasteiger partial charge in [0.05, 0.1) is 0 Å². The van der Waals surface area contributed by atoms with Crippen LogP contribution in [0.15, 0.2) is 40.9 Å². The van der Waals surface area contributed by atoms with Gasteiger partial charge in [0.15, 0.2) is 12.7 Å². The van der Waals surface area contributed by atoms with E-state index in [1.165, 1.54) is 0 Å². The fourth-order valence-electron chi connectivity index (χ4n) is 2.44. The molecule has 0 radical (unpaired) electrons. The van der Waals surface area contributed by atoms with Crippen LogP contribution in [-0.4, -0.2) is 24.5 Å². The number of halogens is 1. The molecule has 0 spiro atoms. The number of benzene rings is 2. The van der Waals surface area contributed by atoms with Gasteiger partial charge in [0.2, 0.25) is 0 Å². The van der Waals surface area contributed by atoms with Gasteiger partial charge in [0.1, 0.15) is 11.5 Å². The zero-order valence-electron chi connectivity index (χ0n) is 15.8. The highest BCUT2D eigenvalue weighted by molar-refractivity contribution is 9.10. The minimum atomic E-state index is -0.777. The number of nitrogens with one attached hydrogen (secondary N) is 2. The van der Waals surface area contributed by atoms with Crippen molar-refractivity contribution < 1.29 is 19.1 Å².